The van der Waals surface area contributed by atoms with Crippen molar-refractivity contribution in [1.82, 2.24) is 5.01 Å². The minimum atomic E-state index is -2.26. The Labute approximate surface area is 180 Å². The maximum absolute atomic E-state index is 14.1. The molecule has 1 amide bonds. The van der Waals surface area contributed by atoms with Gasteiger partial charge in [0.15, 0.2) is 23.3 Å². The Hall–Kier alpha value is -3.67. The van der Waals surface area contributed by atoms with Crippen molar-refractivity contribution in [2.75, 3.05) is 18.1 Å². The molecule has 9 heteroatoms. The number of carbonyl (C=O) groups excluding carboxylic acids is 1. The third-order valence-corrected chi connectivity index (χ3v) is 5.50. The van der Waals surface area contributed by atoms with Crippen molar-refractivity contribution < 1.29 is 26.7 Å². The van der Waals surface area contributed by atoms with Crippen molar-refractivity contribution in [3.05, 3.63) is 76.6 Å². The van der Waals surface area contributed by atoms with Crippen LogP contribution in [0.2, 0.25) is 0 Å². The van der Waals surface area contributed by atoms with Crippen LogP contribution in [0, 0.1) is 40.4 Å². The van der Waals surface area contributed by atoms with E-state index in [2.05, 4.69) is 6.07 Å². The summed E-state index contributed by atoms with van der Waals surface area (Å²) < 4.78 is 68.7. The van der Waals surface area contributed by atoms with Gasteiger partial charge in [0.25, 0.3) is 0 Å². The van der Waals surface area contributed by atoms with Crippen LogP contribution in [0.1, 0.15) is 24.0 Å². The second kappa shape index (κ2) is 8.46. The number of nitriles is 1. The Kier molecular flexibility index (Phi) is 5.70. The molecule has 1 saturated heterocycles. The van der Waals surface area contributed by atoms with Gasteiger partial charge in [-0.3, -0.25) is 14.8 Å². The van der Waals surface area contributed by atoms with Crippen LogP contribution in [0.15, 0.2) is 36.4 Å². The average molecular weight is 445 g/mol. The van der Waals surface area contributed by atoms with Crippen LogP contribution in [0.25, 0.3) is 10.8 Å². The summed E-state index contributed by atoms with van der Waals surface area (Å²) in [6, 6.07) is 12.5. The fourth-order valence-electron chi connectivity index (χ4n) is 3.93. The van der Waals surface area contributed by atoms with E-state index in [0.717, 1.165) is 6.42 Å². The van der Waals surface area contributed by atoms with Gasteiger partial charge in [-0.2, -0.15) is 5.26 Å². The Morgan fingerprint density at radius 3 is 2.09 bits per heavy atom. The minimum absolute atomic E-state index is 0.211. The van der Waals surface area contributed by atoms with E-state index in [0.29, 0.717) is 35.0 Å². The molecule has 0 atom stereocenters. The quantitative estimate of drug-likeness (QED) is 0.324. The van der Waals surface area contributed by atoms with Crippen LogP contribution in [0.3, 0.4) is 0 Å². The lowest BCUT2D eigenvalue weighted by atomic mass is 10.0. The number of rotatable bonds is 3. The highest BCUT2D eigenvalue weighted by atomic mass is 19.2. The molecule has 3 aromatic carbocycles. The zero-order valence-corrected chi connectivity index (χ0v) is 16.6. The normalized spacial score (nSPS) is 14.0. The highest BCUT2D eigenvalue weighted by molar-refractivity contribution is 5.98. The van der Waals surface area contributed by atoms with Gasteiger partial charge in [0, 0.05) is 29.4 Å². The van der Waals surface area contributed by atoms with Crippen LogP contribution in [0.5, 0.6) is 0 Å². The predicted octanol–water partition coefficient (Wildman–Crippen LogP) is 4.99. The number of hydrazine groups is 1. The molecule has 0 unspecified atom stereocenters. The number of hydrogen-bond acceptors (Lipinski definition) is 3. The first-order valence-corrected chi connectivity index (χ1v) is 9.85. The Bertz CT molecular complexity index is 1240. The molecule has 32 heavy (non-hydrogen) atoms. The van der Waals surface area contributed by atoms with E-state index in [1.54, 1.807) is 41.4 Å². The first kappa shape index (κ1) is 21.6. The summed E-state index contributed by atoms with van der Waals surface area (Å²) in [6.07, 6.45) is 0.338. The van der Waals surface area contributed by atoms with Crippen LogP contribution >= 0.6 is 0 Å². The number of halogens is 5. The smallest absolute Gasteiger partial charge is 0.245 e. The van der Waals surface area contributed by atoms with Crippen LogP contribution in [-0.4, -0.2) is 24.0 Å². The molecular formula is C23H16F5N3O. The van der Waals surface area contributed by atoms with Crippen LogP contribution < -0.4 is 5.01 Å². The van der Waals surface area contributed by atoms with E-state index < -0.39 is 47.0 Å². The second-order valence-corrected chi connectivity index (χ2v) is 7.36. The van der Waals surface area contributed by atoms with Gasteiger partial charge in [-0.25, -0.2) is 22.0 Å². The van der Waals surface area contributed by atoms with Gasteiger partial charge in [-0.15, -0.1) is 0 Å². The van der Waals surface area contributed by atoms with Gasteiger partial charge in [-0.05, 0) is 25.0 Å². The van der Waals surface area contributed by atoms with E-state index in [9.17, 15) is 32.0 Å². The molecule has 3 aromatic rings. The summed E-state index contributed by atoms with van der Waals surface area (Å²) in [5.41, 5.74) is -0.118. The first-order valence-electron chi connectivity index (χ1n) is 9.85. The molecule has 0 N–H and O–H groups in total. The number of fused-ring (bicyclic) bond motifs is 1. The van der Waals surface area contributed by atoms with E-state index in [4.69, 9.17) is 0 Å². The number of nitrogens with zero attached hydrogens (tertiary/aromatic N) is 3. The summed E-state index contributed by atoms with van der Waals surface area (Å²) >= 11 is 0. The fraction of sp³-hybridized carbons (Fsp3) is 0.217. The molecule has 4 rings (SSSR count). The highest BCUT2D eigenvalue weighted by Crippen LogP contribution is 2.32. The topological polar surface area (TPSA) is 47.3 Å². The number of amides is 1. The minimum Gasteiger partial charge on any atom is -0.282 e. The van der Waals surface area contributed by atoms with Crippen molar-refractivity contribution in [2.24, 2.45) is 0 Å². The predicted molar refractivity (Wildman–Crippen MR) is 107 cm³/mol. The second-order valence-electron chi connectivity index (χ2n) is 7.36. The first-order chi connectivity index (χ1) is 15.3. The Morgan fingerprint density at radius 2 is 1.44 bits per heavy atom. The molecule has 0 saturated carbocycles. The van der Waals surface area contributed by atoms with Gasteiger partial charge in [0.2, 0.25) is 11.7 Å². The van der Waals surface area contributed by atoms with Crippen LogP contribution in [-0.2, 0) is 11.2 Å². The van der Waals surface area contributed by atoms with E-state index in [-0.39, 0.29) is 6.54 Å². The number of hydrogen-bond donors (Lipinski definition) is 0. The molecule has 0 aromatic heterocycles. The number of carbonyl (C=O) groups is 1. The molecule has 0 aliphatic carbocycles. The average Bonchev–Trinajstić information content (AvgIpc) is 2.83. The van der Waals surface area contributed by atoms with Crippen molar-refractivity contribution in [3.8, 4) is 6.07 Å². The molecule has 1 fully saturated rings. The van der Waals surface area contributed by atoms with Crippen LogP contribution in [0.4, 0.5) is 27.6 Å². The summed E-state index contributed by atoms with van der Waals surface area (Å²) in [4.78, 5) is 13.0. The molecule has 0 spiro atoms. The number of benzene rings is 3. The summed E-state index contributed by atoms with van der Waals surface area (Å²) in [7, 11) is 0. The fourth-order valence-corrected chi connectivity index (χ4v) is 3.93. The van der Waals surface area contributed by atoms with Crippen molar-refractivity contribution in [1.29, 1.82) is 5.26 Å². The van der Waals surface area contributed by atoms with E-state index in [1.165, 1.54) is 5.01 Å². The zero-order valence-electron chi connectivity index (χ0n) is 16.6. The summed E-state index contributed by atoms with van der Waals surface area (Å²) in [6.45, 7) is 0.612. The molecule has 164 valence electrons. The van der Waals surface area contributed by atoms with Gasteiger partial charge in [0.1, 0.15) is 0 Å². The largest absolute Gasteiger partial charge is 0.282 e. The SMILES string of the molecule is N#Cc1ccc(N2CCCCN2C(=O)Cc2c(F)c(F)c(F)c(F)c2F)c2ccccc12. The van der Waals surface area contributed by atoms with Gasteiger partial charge in [-0.1, -0.05) is 24.3 Å². The van der Waals surface area contributed by atoms with Crippen molar-refractivity contribution in [3.63, 3.8) is 0 Å². The third kappa shape index (κ3) is 3.51. The monoisotopic (exact) mass is 445 g/mol. The lowest BCUT2D eigenvalue weighted by Gasteiger charge is -2.41. The maximum atomic E-state index is 14.1. The Morgan fingerprint density at radius 1 is 0.844 bits per heavy atom. The third-order valence-electron chi connectivity index (χ3n) is 5.50. The van der Waals surface area contributed by atoms with Gasteiger partial charge in [0.05, 0.1) is 23.7 Å². The molecule has 4 nitrogen and oxygen atoms in total. The summed E-state index contributed by atoms with van der Waals surface area (Å²) in [5.74, 6) is -11.3. The molecule has 0 radical (unpaired) electrons. The molecular weight excluding hydrogens is 429 g/mol. The molecule has 1 aliphatic rings. The van der Waals surface area contributed by atoms with E-state index in [1.807, 2.05) is 0 Å². The molecule has 1 aliphatic heterocycles. The standard InChI is InChI=1S/C23H16F5N3O/c24-19-16(20(25)22(27)23(28)21(19)26)11-18(32)31-10-4-3-9-30(31)17-8-7-13(12-29)14-5-1-2-6-15(14)17/h1-2,5-8H,3-4,9-11H2. The zero-order chi connectivity index (χ0) is 23.0. The molecule has 0 bridgehead atoms. The van der Waals surface area contributed by atoms with Crippen molar-refractivity contribution in [2.45, 2.75) is 19.3 Å². The molecule has 1 heterocycles. The highest BCUT2D eigenvalue weighted by Gasteiger charge is 2.31. The lowest BCUT2D eigenvalue weighted by Crippen LogP contribution is -2.51. The maximum Gasteiger partial charge on any atom is 0.245 e. The van der Waals surface area contributed by atoms with Crippen molar-refractivity contribution >= 4 is 22.4 Å². The van der Waals surface area contributed by atoms with E-state index >= 15 is 0 Å². The van der Waals surface area contributed by atoms with Gasteiger partial charge < -0.3 is 0 Å². The lowest BCUT2D eigenvalue weighted by molar-refractivity contribution is -0.132. The van der Waals surface area contributed by atoms with Gasteiger partial charge >= 0.3 is 0 Å². The number of anilines is 1. The Balaban J connectivity index is 1.73. The summed E-state index contributed by atoms with van der Waals surface area (Å²) in [5, 5.41) is 13.6.